The minimum atomic E-state index is -1.36. The number of anilines is 1. The van der Waals surface area contributed by atoms with E-state index < -0.39 is 29.1 Å². The Bertz CT molecular complexity index is 646. The second-order valence-corrected chi connectivity index (χ2v) is 3.96. The quantitative estimate of drug-likeness (QED) is 0.809. The number of amides is 1. The van der Waals surface area contributed by atoms with E-state index in [2.05, 4.69) is 4.98 Å². The van der Waals surface area contributed by atoms with Gasteiger partial charge >= 0.3 is 0 Å². The van der Waals surface area contributed by atoms with Gasteiger partial charge in [-0.1, -0.05) is 12.1 Å². The van der Waals surface area contributed by atoms with Crippen molar-refractivity contribution in [3.63, 3.8) is 0 Å². The molecule has 2 aromatic rings. The molecule has 0 unspecified atom stereocenters. The fraction of sp³-hybridized carbons (Fsp3) is 0.143. The maximum absolute atomic E-state index is 13.7. The van der Waals surface area contributed by atoms with Gasteiger partial charge in [0.2, 0.25) is 5.95 Å². The number of benzene rings is 1. The molecule has 6 heteroatoms. The highest BCUT2D eigenvalue weighted by Gasteiger charge is 2.23. The first-order valence-corrected chi connectivity index (χ1v) is 5.92. The molecule has 1 aromatic carbocycles. The maximum atomic E-state index is 13.7. The number of halogens is 3. The van der Waals surface area contributed by atoms with E-state index in [9.17, 15) is 18.0 Å². The lowest BCUT2D eigenvalue weighted by Crippen LogP contribution is -2.32. The van der Waals surface area contributed by atoms with Crippen molar-refractivity contribution in [2.75, 3.05) is 11.4 Å². The number of aromatic nitrogens is 1. The molecule has 0 saturated heterocycles. The Morgan fingerprint density at radius 2 is 1.90 bits per heavy atom. The normalized spacial score (nSPS) is 10.4. The van der Waals surface area contributed by atoms with E-state index in [0.717, 1.165) is 17.2 Å². The number of pyridine rings is 1. The number of hydrogen-bond donors (Lipinski definition) is 0. The van der Waals surface area contributed by atoms with E-state index in [1.54, 1.807) is 13.0 Å². The Morgan fingerprint density at radius 3 is 2.55 bits per heavy atom. The largest absolute Gasteiger partial charge is 0.306 e. The van der Waals surface area contributed by atoms with Crippen molar-refractivity contribution < 1.29 is 18.0 Å². The maximum Gasteiger partial charge on any atom is 0.261 e. The van der Waals surface area contributed by atoms with E-state index in [4.69, 9.17) is 0 Å². The molecule has 0 bridgehead atoms. The summed E-state index contributed by atoms with van der Waals surface area (Å²) < 4.78 is 40.4. The molecule has 0 N–H and O–H groups in total. The van der Waals surface area contributed by atoms with Crippen molar-refractivity contribution in [1.29, 1.82) is 0 Å². The average Bonchev–Trinajstić information content (AvgIpc) is 2.44. The highest BCUT2D eigenvalue weighted by Crippen LogP contribution is 2.22. The van der Waals surface area contributed by atoms with Gasteiger partial charge in [-0.15, -0.1) is 0 Å². The third kappa shape index (κ3) is 2.49. The first-order valence-electron chi connectivity index (χ1n) is 5.92. The minimum Gasteiger partial charge on any atom is -0.306 e. The van der Waals surface area contributed by atoms with E-state index >= 15 is 0 Å². The summed E-state index contributed by atoms with van der Waals surface area (Å²) in [5.41, 5.74) is -0.473. The zero-order valence-corrected chi connectivity index (χ0v) is 10.6. The van der Waals surface area contributed by atoms with Gasteiger partial charge in [-0.25, -0.2) is 13.8 Å². The SMILES string of the molecule is CCN(C(=O)c1ccnc(F)c1F)c1ccccc1F. The van der Waals surface area contributed by atoms with Gasteiger partial charge in [-0.3, -0.25) is 4.79 Å². The van der Waals surface area contributed by atoms with Crippen molar-refractivity contribution >= 4 is 11.6 Å². The number of hydrogen-bond acceptors (Lipinski definition) is 2. The molecule has 0 radical (unpaired) electrons. The highest BCUT2D eigenvalue weighted by atomic mass is 19.2. The Balaban J connectivity index is 2.45. The van der Waals surface area contributed by atoms with Crippen LogP contribution in [0.3, 0.4) is 0 Å². The van der Waals surface area contributed by atoms with E-state index in [1.165, 1.54) is 18.2 Å². The molecule has 0 aliphatic rings. The van der Waals surface area contributed by atoms with Crippen molar-refractivity contribution in [2.45, 2.75) is 6.92 Å². The molecule has 1 heterocycles. The molecule has 1 aromatic heterocycles. The van der Waals surface area contributed by atoms with Crippen LogP contribution in [0, 0.1) is 17.6 Å². The monoisotopic (exact) mass is 280 g/mol. The third-order valence-corrected chi connectivity index (χ3v) is 2.78. The van der Waals surface area contributed by atoms with Gasteiger partial charge in [0.1, 0.15) is 5.82 Å². The predicted octanol–water partition coefficient (Wildman–Crippen LogP) is 3.17. The summed E-state index contributed by atoms with van der Waals surface area (Å²) in [4.78, 5) is 16.4. The highest BCUT2D eigenvalue weighted by molar-refractivity contribution is 6.06. The summed E-state index contributed by atoms with van der Waals surface area (Å²) in [6.45, 7) is 1.73. The van der Waals surface area contributed by atoms with Crippen LogP contribution >= 0.6 is 0 Å². The van der Waals surface area contributed by atoms with Crippen LogP contribution < -0.4 is 4.90 Å². The molecule has 2 rings (SSSR count). The number of carbonyl (C=O) groups excluding carboxylic acids is 1. The second-order valence-electron chi connectivity index (χ2n) is 3.96. The van der Waals surface area contributed by atoms with Crippen LogP contribution in [0.15, 0.2) is 36.5 Å². The number of nitrogens with zero attached hydrogens (tertiary/aromatic N) is 2. The molecule has 0 saturated carbocycles. The Kier molecular flexibility index (Phi) is 4.02. The molecular weight excluding hydrogens is 269 g/mol. The molecule has 3 nitrogen and oxygen atoms in total. The number of carbonyl (C=O) groups is 1. The standard InChI is InChI=1S/C14H11F3N2O/c1-2-19(11-6-4-3-5-10(11)15)14(20)9-7-8-18-13(17)12(9)16/h3-8H,2H2,1H3. The van der Waals surface area contributed by atoms with Gasteiger partial charge in [-0.05, 0) is 25.1 Å². The summed E-state index contributed by atoms with van der Waals surface area (Å²) in [5.74, 6) is -4.14. The van der Waals surface area contributed by atoms with E-state index in [-0.39, 0.29) is 12.2 Å². The first kappa shape index (κ1) is 14.0. The predicted molar refractivity (Wildman–Crippen MR) is 67.9 cm³/mol. The van der Waals surface area contributed by atoms with Gasteiger partial charge in [0.15, 0.2) is 5.82 Å². The Morgan fingerprint density at radius 1 is 1.20 bits per heavy atom. The minimum absolute atomic E-state index is 0.0108. The zero-order valence-electron chi connectivity index (χ0n) is 10.6. The lowest BCUT2D eigenvalue weighted by molar-refractivity contribution is 0.0982. The van der Waals surface area contributed by atoms with Crippen molar-refractivity contribution in [2.24, 2.45) is 0 Å². The van der Waals surface area contributed by atoms with Crippen LogP contribution in [-0.2, 0) is 0 Å². The fourth-order valence-electron chi connectivity index (χ4n) is 1.82. The van der Waals surface area contributed by atoms with Gasteiger partial charge in [0, 0.05) is 12.7 Å². The first-order chi connectivity index (χ1) is 9.56. The average molecular weight is 280 g/mol. The van der Waals surface area contributed by atoms with Crippen LogP contribution in [0.5, 0.6) is 0 Å². The summed E-state index contributed by atoms with van der Waals surface area (Å²) in [5, 5.41) is 0. The third-order valence-electron chi connectivity index (χ3n) is 2.78. The van der Waals surface area contributed by atoms with Crippen LogP contribution in [0.1, 0.15) is 17.3 Å². The van der Waals surface area contributed by atoms with Crippen LogP contribution in [0.4, 0.5) is 18.9 Å². The summed E-state index contributed by atoms with van der Waals surface area (Å²) >= 11 is 0. The fourth-order valence-corrected chi connectivity index (χ4v) is 1.82. The molecule has 20 heavy (non-hydrogen) atoms. The lowest BCUT2D eigenvalue weighted by Gasteiger charge is -2.21. The van der Waals surface area contributed by atoms with Gasteiger partial charge < -0.3 is 4.90 Å². The van der Waals surface area contributed by atoms with Gasteiger partial charge in [-0.2, -0.15) is 4.39 Å². The van der Waals surface area contributed by atoms with E-state index in [0.29, 0.717) is 0 Å². The molecule has 104 valence electrons. The van der Waals surface area contributed by atoms with Gasteiger partial charge in [0.25, 0.3) is 5.91 Å². The molecule has 0 spiro atoms. The zero-order chi connectivity index (χ0) is 14.7. The number of para-hydroxylation sites is 1. The van der Waals surface area contributed by atoms with Crippen LogP contribution in [0.2, 0.25) is 0 Å². The van der Waals surface area contributed by atoms with Crippen molar-refractivity contribution in [3.05, 3.63) is 59.7 Å². The molecular formula is C14H11F3N2O. The second kappa shape index (κ2) is 5.73. The van der Waals surface area contributed by atoms with E-state index in [1.807, 2.05) is 0 Å². The Labute approximate surface area is 113 Å². The lowest BCUT2D eigenvalue weighted by atomic mass is 10.2. The summed E-state index contributed by atoms with van der Waals surface area (Å²) in [7, 11) is 0. The molecule has 1 amide bonds. The molecule has 0 atom stereocenters. The molecule has 0 aliphatic carbocycles. The van der Waals surface area contributed by atoms with Gasteiger partial charge in [0.05, 0.1) is 11.3 Å². The van der Waals surface area contributed by atoms with Crippen molar-refractivity contribution in [3.8, 4) is 0 Å². The summed E-state index contributed by atoms with van der Waals surface area (Å²) in [6, 6.07) is 6.67. The summed E-state index contributed by atoms with van der Waals surface area (Å²) in [6.07, 6.45) is 0.987. The topological polar surface area (TPSA) is 33.2 Å². The van der Waals surface area contributed by atoms with Crippen LogP contribution in [-0.4, -0.2) is 17.4 Å². The van der Waals surface area contributed by atoms with Crippen molar-refractivity contribution in [1.82, 2.24) is 4.98 Å². The molecule has 0 fully saturated rings. The number of rotatable bonds is 3. The molecule has 0 aliphatic heterocycles. The smallest absolute Gasteiger partial charge is 0.261 e. The van der Waals surface area contributed by atoms with Crippen LogP contribution in [0.25, 0.3) is 0 Å². The Hall–Kier alpha value is -2.37.